The summed E-state index contributed by atoms with van der Waals surface area (Å²) in [6.07, 6.45) is 1.88. The topological polar surface area (TPSA) is 88.0 Å². The fourth-order valence-corrected chi connectivity index (χ4v) is 5.16. The van der Waals surface area contributed by atoms with Crippen LogP contribution in [0.1, 0.15) is 17.4 Å². The molecule has 2 heterocycles. The number of rotatable bonds is 5. The van der Waals surface area contributed by atoms with E-state index in [-0.39, 0.29) is 5.91 Å². The fraction of sp³-hybridized carbons (Fsp3) is 0.0741. The van der Waals surface area contributed by atoms with E-state index in [0.717, 1.165) is 67.5 Å². The number of nitrogens with one attached hydrogen (secondary N) is 1. The maximum atomic E-state index is 12.6. The number of carbonyl (C=O) groups excluding carboxylic acids is 1. The van der Waals surface area contributed by atoms with E-state index >= 15 is 0 Å². The number of nitrogens with zero attached hydrogens (tertiary/aromatic N) is 1. The van der Waals surface area contributed by atoms with Gasteiger partial charge in [-0.3, -0.25) is 4.79 Å². The van der Waals surface area contributed by atoms with Crippen LogP contribution in [0.25, 0.3) is 16.8 Å². The second-order valence-electron chi connectivity index (χ2n) is 7.95. The summed E-state index contributed by atoms with van der Waals surface area (Å²) in [5.41, 5.74) is 1.79. The molecule has 1 aromatic heterocycles. The normalized spacial score (nSPS) is 13.8. The molecule has 176 valence electrons. The van der Waals surface area contributed by atoms with Gasteiger partial charge in [-0.15, -0.1) is 11.3 Å². The first-order chi connectivity index (χ1) is 17.4. The molecule has 9 heteroatoms. The molecule has 0 bridgehead atoms. The molecule has 3 aromatic carbocycles. The number of fused-ring (bicyclic) bond motifs is 1. The van der Waals surface area contributed by atoms with Crippen LogP contribution in [0.5, 0.6) is 5.75 Å². The summed E-state index contributed by atoms with van der Waals surface area (Å²) in [5, 5.41) is 15.5. The molecule has 0 radical (unpaired) electrons. The molecule has 0 aliphatic carbocycles. The third-order valence-corrected chi connectivity index (χ3v) is 7.45. The summed E-state index contributed by atoms with van der Waals surface area (Å²) < 4.78 is 7.48. The first-order valence-corrected chi connectivity index (χ1v) is 13.8. The zero-order valence-electron chi connectivity index (χ0n) is 19.7. The average molecular weight is 525 g/mol. The van der Waals surface area contributed by atoms with Gasteiger partial charge in [-0.25, -0.2) is 0 Å². The smallest absolute Gasteiger partial charge is 0.145 e. The van der Waals surface area contributed by atoms with Crippen molar-refractivity contribution in [2.75, 3.05) is 5.32 Å². The van der Waals surface area contributed by atoms with Gasteiger partial charge in [-0.1, -0.05) is 30.3 Å². The third kappa shape index (κ3) is 7.32. The Morgan fingerprint density at radius 2 is 1.78 bits per heavy atom. The van der Waals surface area contributed by atoms with Crippen molar-refractivity contribution >= 4 is 93.4 Å². The van der Waals surface area contributed by atoms with E-state index < -0.39 is 5.97 Å². The number of thioether (sulfide) groups is 1. The number of aliphatic carboxylic acids is 1. The molecule has 0 atom stereocenters. The quantitative estimate of drug-likeness (QED) is 0.267. The van der Waals surface area contributed by atoms with Crippen molar-refractivity contribution in [2.45, 2.75) is 13.5 Å². The number of aliphatic imine (C=N–C) groups is 1. The molecule has 1 aliphatic heterocycles. The fourth-order valence-electron chi connectivity index (χ4n) is 3.38. The molecule has 0 saturated heterocycles. The Balaban J connectivity index is 0.000000709. The molecule has 0 spiro atoms. The second-order valence-corrected chi connectivity index (χ2v) is 11.2. The average Bonchev–Trinajstić information content (AvgIpc) is 3.48. The summed E-state index contributed by atoms with van der Waals surface area (Å²) in [6.45, 7) is 1.58. The Morgan fingerprint density at radius 1 is 1.08 bits per heavy atom. The van der Waals surface area contributed by atoms with E-state index in [9.17, 15) is 4.79 Å². The van der Waals surface area contributed by atoms with Gasteiger partial charge in [0.1, 0.15) is 6.61 Å². The van der Waals surface area contributed by atoms with Crippen LogP contribution in [0.15, 0.2) is 88.1 Å². The molecule has 36 heavy (non-hydrogen) atoms. The van der Waals surface area contributed by atoms with Crippen molar-refractivity contribution in [2.24, 2.45) is 4.99 Å². The van der Waals surface area contributed by atoms with Crippen LogP contribution in [0.2, 0.25) is 0 Å². The monoisotopic (exact) mass is 524 g/mol. The summed E-state index contributed by atoms with van der Waals surface area (Å²) in [6, 6.07) is 24.5. The first-order valence-electron chi connectivity index (χ1n) is 11.1. The van der Waals surface area contributed by atoms with Crippen molar-refractivity contribution in [3.8, 4) is 5.75 Å². The van der Waals surface area contributed by atoms with Crippen LogP contribution in [-0.4, -0.2) is 50.1 Å². The minimum atomic E-state index is -0.833. The second kappa shape index (κ2) is 12.4. The van der Waals surface area contributed by atoms with Crippen molar-refractivity contribution in [3.05, 3.63) is 93.5 Å². The van der Waals surface area contributed by atoms with Gasteiger partial charge in [-0.05, 0) is 16.8 Å². The van der Waals surface area contributed by atoms with Gasteiger partial charge >= 0.3 is 143 Å². The van der Waals surface area contributed by atoms with Gasteiger partial charge in [0.2, 0.25) is 0 Å². The standard InChI is InChI=1S/C25H17N2O2S2.C2H4O2.Na/c28-24-23(31-25(27-24)26-20-9-2-1-3-10-20)15-19-13-17-7-4-5-8-18(17)14-22(19)29-16-21-11-6-12-30-21;1-2(3)4;/h2-15H,16H2,(H,26,27,28);1H3,(H,3,4);. The predicted octanol–water partition coefficient (Wildman–Crippen LogP) is 5.45. The number of amides is 1. The molecule has 6 nitrogen and oxygen atoms in total. The van der Waals surface area contributed by atoms with Crippen molar-refractivity contribution < 1.29 is 19.4 Å². The van der Waals surface area contributed by atoms with Crippen LogP contribution < -0.4 is 12.9 Å². The van der Waals surface area contributed by atoms with Crippen molar-refractivity contribution in [3.63, 3.8) is 0 Å². The van der Waals surface area contributed by atoms with Crippen molar-refractivity contribution in [1.82, 2.24) is 0 Å². The Bertz CT molecular complexity index is 1440. The van der Waals surface area contributed by atoms with Gasteiger partial charge in [0.05, 0.1) is 0 Å². The van der Waals surface area contributed by atoms with Gasteiger partial charge in [0.25, 0.3) is 5.97 Å². The van der Waals surface area contributed by atoms with Gasteiger partial charge in [0.15, 0.2) is 0 Å². The van der Waals surface area contributed by atoms with Gasteiger partial charge in [0, 0.05) is 11.8 Å². The molecule has 5 rings (SSSR count). The molecule has 2 N–H and O–H groups in total. The molecular weight excluding hydrogens is 503 g/mol. The number of amidine groups is 1. The third-order valence-electron chi connectivity index (χ3n) is 5.04. The van der Waals surface area contributed by atoms with Crippen LogP contribution in [0.4, 0.5) is 5.69 Å². The molecular formula is C27H21N2NaO4S2. The maximum absolute atomic E-state index is 12.6. The van der Waals surface area contributed by atoms with Gasteiger partial charge in [-0.2, -0.15) is 0 Å². The first kappa shape index (κ1) is 26.2. The Labute approximate surface area is 234 Å². The summed E-state index contributed by atoms with van der Waals surface area (Å²) >= 11 is 4.02. The molecule has 0 unspecified atom stereocenters. The Hall–Kier alpha value is -2.88. The van der Waals surface area contributed by atoms with E-state index in [2.05, 4.69) is 46.7 Å². The Morgan fingerprint density at radius 3 is 2.44 bits per heavy atom. The molecule has 0 saturated carbocycles. The number of hydrogen-bond donors (Lipinski definition) is 2. The number of hydrogen-bond acceptors (Lipinski definition) is 6. The number of anilines is 1. The molecule has 1 aliphatic rings. The van der Waals surface area contributed by atoms with Crippen LogP contribution in [0, 0.1) is 0 Å². The van der Waals surface area contributed by atoms with E-state index in [0.29, 0.717) is 16.7 Å². The van der Waals surface area contributed by atoms with Crippen LogP contribution in [0.3, 0.4) is 0 Å². The summed E-state index contributed by atoms with van der Waals surface area (Å²) in [5.74, 6) is -0.323. The minimum Gasteiger partial charge on any atom is -0.145 e. The number of carbonyl (C=O) groups is 2. The van der Waals surface area contributed by atoms with Crippen LogP contribution >= 0.6 is 23.1 Å². The van der Waals surface area contributed by atoms with Crippen LogP contribution in [-0.2, 0) is 16.2 Å². The zero-order chi connectivity index (χ0) is 25.5. The number of benzene rings is 3. The predicted molar refractivity (Wildman–Crippen MR) is 149 cm³/mol. The minimum absolute atomic E-state index is 0.241. The summed E-state index contributed by atoms with van der Waals surface area (Å²) in [4.78, 5) is 27.5. The number of ether oxygens (including phenoxy) is 1. The van der Waals surface area contributed by atoms with E-state index in [1.807, 2.05) is 47.9 Å². The molecule has 1 amide bonds. The van der Waals surface area contributed by atoms with Crippen molar-refractivity contribution in [1.29, 1.82) is 0 Å². The number of carboxylic acid groups (broad SMARTS) is 1. The molecule has 0 fully saturated rings. The van der Waals surface area contributed by atoms with E-state index in [1.54, 1.807) is 11.3 Å². The van der Waals surface area contributed by atoms with E-state index in [1.165, 1.54) is 14.6 Å². The molecule has 4 aromatic rings. The zero-order valence-corrected chi connectivity index (χ0v) is 23.4. The van der Waals surface area contributed by atoms with E-state index in [4.69, 9.17) is 14.6 Å². The Kier molecular flexibility index (Phi) is 9.01. The number of thiophene rings is 1. The summed E-state index contributed by atoms with van der Waals surface area (Å²) in [7, 11) is 0. The van der Waals surface area contributed by atoms with Gasteiger partial charge < -0.3 is 5.11 Å². The SMILES string of the molecule is CC(=O)O.O=C1N=C(Nc2cc[c]([Na])cc2)SC1=Cc1cc2ccccc2cc1OCc1cccs1. The number of carboxylic acids is 1.